The van der Waals surface area contributed by atoms with Gasteiger partial charge in [0.1, 0.15) is 23.9 Å². The molecule has 1 saturated heterocycles. The molecule has 0 radical (unpaired) electrons. The second kappa shape index (κ2) is 12.8. The van der Waals surface area contributed by atoms with Crippen LogP contribution in [0.3, 0.4) is 0 Å². The second-order valence-corrected chi connectivity index (χ2v) is 15.7. The van der Waals surface area contributed by atoms with E-state index in [0.29, 0.717) is 19.3 Å². The minimum Gasteiger partial charge on any atom is -0.508 e. The van der Waals surface area contributed by atoms with Crippen LogP contribution in [0.15, 0.2) is 66.7 Å². The Morgan fingerprint density at radius 2 is 1.65 bits per heavy atom. The molecule has 0 bridgehead atoms. The zero-order valence-electron chi connectivity index (χ0n) is 23.3. The fourth-order valence-electron chi connectivity index (χ4n) is 5.32. The SMILES string of the molecule is CP(C)(=O)CCNC(c1ccc(OCCN2CCCCC2)cc1)c1c(-c2ccc(O)cc2)sc2cc(O)ccc12. The average Bonchev–Trinajstić information content (AvgIpc) is 3.30. The van der Waals surface area contributed by atoms with E-state index in [1.54, 1.807) is 35.6 Å². The van der Waals surface area contributed by atoms with Crippen LogP contribution in [0.4, 0.5) is 0 Å². The molecule has 1 aliphatic rings. The predicted octanol–water partition coefficient (Wildman–Crippen LogP) is 7.15. The van der Waals surface area contributed by atoms with Crippen molar-refractivity contribution < 1.29 is 19.5 Å². The summed E-state index contributed by atoms with van der Waals surface area (Å²) in [5, 5.41) is 24.9. The molecule has 0 spiro atoms. The molecule has 0 saturated carbocycles. The lowest BCUT2D eigenvalue weighted by Gasteiger charge is -2.26. The first-order chi connectivity index (χ1) is 19.3. The minimum absolute atomic E-state index is 0.170. The van der Waals surface area contributed by atoms with Crippen LogP contribution < -0.4 is 10.1 Å². The number of thiophene rings is 1. The molecule has 1 unspecified atom stereocenters. The monoisotopic (exact) mass is 578 g/mol. The van der Waals surface area contributed by atoms with Gasteiger partial charge in [-0.05, 0) is 116 Å². The smallest absolute Gasteiger partial charge is 0.119 e. The first-order valence-corrected chi connectivity index (χ1v) is 17.6. The van der Waals surface area contributed by atoms with E-state index in [1.165, 1.54) is 19.3 Å². The highest BCUT2D eigenvalue weighted by molar-refractivity contribution is 7.62. The van der Waals surface area contributed by atoms with Gasteiger partial charge in [0.15, 0.2) is 0 Å². The summed E-state index contributed by atoms with van der Waals surface area (Å²) in [7, 11) is -2.20. The van der Waals surface area contributed by atoms with E-state index in [2.05, 4.69) is 22.3 Å². The van der Waals surface area contributed by atoms with Crippen molar-refractivity contribution in [2.24, 2.45) is 0 Å². The third kappa shape index (κ3) is 7.27. The van der Waals surface area contributed by atoms with Gasteiger partial charge in [-0.15, -0.1) is 11.3 Å². The summed E-state index contributed by atoms with van der Waals surface area (Å²) in [6.07, 6.45) is 4.48. The zero-order chi connectivity index (χ0) is 28.1. The molecule has 1 atom stereocenters. The summed E-state index contributed by atoms with van der Waals surface area (Å²) in [6.45, 7) is 8.20. The van der Waals surface area contributed by atoms with Gasteiger partial charge < -0.3 is 24.8 Å². The van der Waals surface area contributed by atoms with Crippen molar-refractivity contribution in [3.05, 3.63) is 77.9 Å². The van der Waals surface area contributed by atoms with Gasteiger partial charge in [0.05, 0.1) is 13.2 Å². The van der Waals surface area contributed by atoms with Crippen LogP contribution >= 0.6 is 18.5 Å². The summed E-state index contributed by atoms with van der Waals surface area (Å²) >= 11 is 1.62. The highest BCUT2D eigenvalue weighted by Gasteiger charge is 2.24. The van der Waals surface area contributed by atoms with Gasteiger partial charge in [0, 0.05) is 28.8 Å². The topological polar surface area (TPSA) is 82.0 Å². The molecule has 4 aromatic rings. The Labute approximate surface area is 241 Å². The number of likely N-dealkylation sites (tertiary alicyclic amines) is 1. The predicted molar refractivity (Wildman–Crippen MR) is 167 cm³/mol. The Bertz CT molecular complexity index is 1460. The zero-order valence-corrected chi connectivity index (χ0v) is 25.0. The normalized spacial score (nSPS) is 15.3. The molecule has 1 aliphatic heterocycles. The Kier molecular flexibility index (Phi) is 9.17. The number of phenols is 2. The lowest BCUT2D eigenvalue weighted by molar-refractivity contribution is 0.183. The van der Waals surface area contributed by atoms with E-state index >= 15 is 0 Å². The number of nitrogens with one attached hydrogen (secondary N) is 1. The lowest BCUT2D eigenvalue weighted by Crippen LogP contribution is -2.33. The molecule has 2 heterocycles. The van der Waals surface area contributed by atoms with E-state index in [1.807, 2.05) is 43.7 Å². The Balaban J connectivity index is 1.47. The third-order valence-corrected chi connectivity index (χ3v) is 9.99. The number of hydrogen-bond donors (Lipinski definition) is 3. The van der Waals surface area contributed by atoms with E-state index in [0.717, 1.165) is 57.0 Å². The van der Waals surface area contributed by atoms with Crippen LogP contribution in [-0.2, 0) is 4.57 Å². The standard InChI is InChI=1S/C32H39N2O4PS/c1-39(2,37)21-16-33-31(23-8-13-27(14-9-23)38-20-19-34-17-4-3-5-18-34)30-28-15-12-26(36)22-29(28)40-32(30)24-6-10-25(35)11-7-24/h6-15,22,31,33,35-36H,3-5,16-21H2,1-2H3. The van der Waals surface area contributed by atoms with Crippen molar-refractivity contribution in [3.8, 4) is 27.7 Å². The summed E-state index contributed by atoms with van der Waals surface area (Å²) in [6, 6.07) is 20.8. The average molecular weight is 579 g/mol. The van der Waals surface area contributed by atoms with Crippen LogP contribution in [0.1, 0.15) is 36.4 Å². The number of ether oxygens (including phenoxy) is 1. The first-order valence-electron chi connectivity index (χ1n) is 14.0. The molecule has 6 nitrogen and oxygen atoms in total. The van der Waals surface area contributed by atoms with E-state index in [-0.39, 0.29) is 17.5 Å². The number of nitrogens with zero attached hydrogens (tertiary/aromatic N) is 1. The summed E-state index contributed by atoms with van der Waals surface area (Å²) in [4.78, 5) is 3.54. The highest BCUT2D eigenvalue weighted by atomic mass is 32.1. The lowest BCUT2D eigenvalue weighted by atomic mass is 9.93. The maximum absolute atomic E-state index is 12.5. The number of aromatic hydroxyl groups is 2. The van der Waals surface area contributed by atoms with Crippen molar-refractivity contribution in [2.75, 3.05) is 52.3 Å². The molecule has 5 rings (SSSR count). The van der Waals surface area contributed by atoms with Gasteiger partial charge >= 0.3 is 0 Å². The number of hydrogen-bond acceptors (Lipinski definition) is 7. The number of phenolic OH excluding ortho intramolecular Hbond substituents is 2. The molecule has 40 heavy (non-hydrogen) atoms. The first kappa shape index (κ1) is 28.7. The maximum Gasteiger partial charge on any atom is 0.119 e. The summed E-state index contributed by atoms with van der Waals surface area (Å²) in [5.74, 6) is 1.30. The molecule has 1 fully saturated rings. The summed E-state index contributed by atoms with van der Waals surface area (Å²) in [5.41, 5.74) is 3.18. The van der Waals surface area contributed by atoms with Gasteiger partial charge in [-0.3, -0.25) is 4.90 Å². The van der Waals surface area contributed by atoms with Crippen molar-refractivity contribution in [2.45, 2.75) is 25.3 Å². The molecular weight excluding hydrogens is 539 g/mol. The minimum atomic E-state index is -2.20. The quantitative estimate of drug-likeness (QED) is 0.164. The van der Waals surface area contributed by atoms with Crippen LogP contribution in [0.2, 0.25) is 0 Å². The number of rotatable bonds is 11. The molecule has 0 amide bonds. The Morgan fingerprint density at radius 3 is 2.35 bits per heavy atom. The molecule has 212 valence electrons. The molecule has 8 heteroatoms. The van der Waals surface area contributed by atoms with Gasteiger partial charge in [-0.25, -0.2) is 0 Å². The molecule has 3 aromatic carbocycles. The van der Waals surface area contributed by atoms with E-state index < -0.39 is 7.14 Å². The highest BCUT2D eigenvalue weighted by Crippen LogP contribution is 2.45. The Hall–Kier alpha value is -2.83. The van der Waals surface area contributed by atoms with E-state index in [4.69, 9.17) is 4.74 Å². The van der Waals surface area contributed by atoms with Crippen molar-refractivity contribution in [3.63, 3.8) is 0 Å². The van der Waals surface area contributed by atoms with Gasteiger partial charge in [-0.2, -0.15) is 0 Å². The maximum atomic E-state index is 12.5. The number of benzene rings is 3. The molecule has 1 aromatic heterocycles. The van der Waals surface area contributed by atoms with Crippen LogP contribution in [-0.4, -0.2) is 67.4 Å². The fraction of sp³-hybridized carbons (Fsp3) is 0.375. The number of piperidine rings is 1. The van der Waals surface area contributed by atoms with Crippen molar-refractivity contribution >= 4 is 28.6 Å². The second-order valence-electron chi connectivity index (χ2n) is 11.1. The van der Waals surface area contributed by atoms with Crippen molar-refractivity contribution in [1.82, 2.24) is 10.2 Å². The van der Waals surface area contributed by atoms with Gasteiger partial charge in [-0.1, -0.05) is 18.6 Å². The van der Waals surface area contributed by atoms with Gasteiger partial charge in [0.2, 0.25) is 0 Å². The third-order valence-electron chi connectivity index (χ3n) is 7.47. The Morgan fingerprint density at radius 1 is 0.950 bits per heavy atom. The van der Waals surface area contributed by atoms with E-state index in [9.17, 15) is 14.8 Å². The largest absolute Gasteiger partial charge is 0.508 e. The number of fused-ring (bicyclic) bond motifs is 1. The fourth-order valence-corrected chi connectivity index (χ4v) is 7.26. The summed E-state index contributed by atoms with van der Waals surface area (Å²) < 4.78 is 19.6. The van der Waals surface area contributed by atoms with Crippen molar-refractivity contribution in [1.29, 1.82) is 0 Å². The molecular formula is C32H39N2O4PS. The van der Waals surface area contributed by atoms with Crippen LogP contribution in [0.5, 0.6) is 17.2 Å². The van der Waals surface area contributed by atoms with Crippen LogP contribution in [0.25, 0.3) is 20.5 Å². The molecule has 3 N–H and O–H groups in total. The van der Waals surface area contributed by atoms with Crippen LogP contribution in [0, 0.1) is 0 Å². The van der Waals surface area contributed by atoms with Gasteiger partial charge in [0.25, 0.3) is 0 Å². The molecule has 0 aliphatic carbocycles.